The molecule has 0 fully saturated rings. The zero-order valence-electron chi connectivity index (χ0n) is 16.1. The van der Waals surface area contributed by atoms with Gasteiger partial charge >= 0.3 is 0 Å². The molecule has 0 radical (unpaired) electrons. The highest BCUT2D eigenvalue weighted by Gasteiger charge is 2.18. The Labute approximate surface area is 163 Å². The number of pyridine rings is 1. The molecule has 5 heteroatoms. The van der Waals surface area contributed by atoms with Gasteiger partial charge in [-0.15, -0.1) is 0 Å². The number of hydrogen-bond donors (Lipinski definition) is 0. The van der Waals surface area contributed by atoms with Crippen molar-refractivity contribution in [1.82, 2.24) is 19.1 Å². The van der Waals surface area contributed by atoms with Crippen molar-refractivity contribution in [3.8, 4) is 17.1 Å². The fourth-order valence-corrected chi connectivity index (χ4v) is 4.27. The lowest BCUT2D eigenvalue weighted by atomic mass is 9.95. The van der Waals surface area contributed by atoms with E-state index < -0.39 is 0 Å². The lowest BCUT2D eigenvalue weighted by Gasteiger charge is -2.12. The second-order valence-corrected chi connectivity index (χ2v) is 7.60. The summed E-state index contributed by atoms with van der Waals surface area (Å²) in [6, 6.07) is 9.83. The summed E-state index contributed by atoms with van der Waals surface area (Å²) in [4.78, 5) is 21.4. The van der Waals surface area contributed by atoms with Gasteiger partial charge in [0.15, 0.2) is 5.82 Å². The summed E-state index contributed by atoms with van der Waals surface area (Å²) in [6.45, 7) is 1.94. The Bertz CT molecular complexity index is 1250. The van der Waals surface area contributed by atoms with Gasteiger partial charge in [-0.25, -0.2) is 9.97 Å². The maximum absolute atomic E-state index is 12.8. The van der Waals surface area contributed by atoms with E-state index in [1.165, 1.54) is 35.0 Å². The van der Waals surface area contributed by atoms with E-state index in [-0.39, 0.29) is 5.56 Å². The minimum Gasteiger partial charge on any atom is -0.347 e. The smallest absolute Gasteiger partial charge is 0.255 e. The fraction of sp³-hybridized carbons (Fsp3) is 0.261. The third kappa shape index (κ3) is 2.66. The van der Waals surface area contributed by atoms with Crippen LogP contribution in [0.3, 0.4) is 0 Å². The van der Waals surface area contributed by atoms with Crippen LogP contribution in [0.5, 0.6) is 0 Å². The first-order valence-electron chi connectivity index (χ1n) is 9.74. The van der Waals surface area contributed by atoms with Crippen LogP contribution in [0, 0.1) is 6.92 Å². The summed E-state index contributed by atoms with van der Waals surface area (Å²) in [5.74, 6) is 0.570. The van der Waals surface area contributed by atoms with Crippen molar-refractivity contribution < 1.29 is 0 Å². The Morgan fingerprint density at radius 3 is 2.57 bits per heavy atom. The molecule has 140 valence electrons. The molecule has 5 nitrogen and oxygen atoms in total. The Balaban J connectivity index is 1.59. The second kappa shape index (κ2) is 6.44. The van der Waals surface area contributed by atoms with Crippen LogP contribution in [0.2, 0.25) is 0 Å². The van der Waals surface area contributed by atoms with Crippen LogP contribution in [0.15, 0.2) is 53.7 Å². The van der Waals surface area contributed by atoms with Crippen LogP contribution < -0.4 is 5.56 Å². The van der Waals surface area contributed by atoms with E-state index in [4.69, 9.17) is 0 Å². The lowest BCUT2D eigenvalue weighted by Crippen LogP contribution is -2.16. The Morgan fingerprint density at radius 1 is 1.00 bits per heavy atom. The van der Waals surface area contributed by atoms with Gasteiger partial charge in [-0.2, -0.15) is 0 Å². The highest BCUT2D eigenvalue weighted by molar-refractivity contribution is 5.87. The lowest BCUT2D eigenvalue weighted by molar-refractivity contribution is 0.653. The molecule has 0 amide bonds. The van der Waals surface area contributed by atoms with Gasteiger partial charge in [-0.3, -0.25) is 9.36 Å². The standard InChI is InChI=1S/C23H22N4O/c1-15-13-24-23(25-14-15)16-9-10-27(22(28)11-16)17-7-8-19-18-5-3-4-6-20(18)26(2)21(19)12-17/h7-14H,3-6H2,1-2H3. The van der Waals surface area contributed by atoms with E-state index >= 15 is 0 Å². The number of benzene rings is 1. The van der Waals surface area contributed by atoms with Crippen molar-refractivity contribution in [2.75, 3.05) is 0 Å². The summed E-state index contributed by atoms with van der Waals surface area (Å²) in [7, 11) is 2.14. The maximum atomic E-state index is 12.8. The van der Waals surface area contributed by atoms with E-state index in [0.717, 1.165) is 29.7 Å². The largest absolute Gasteiger partial charge is 0.347 e. The van der Waals surface area contributed by atoms with Gasteiger partial charge in [0.1, 0.15) is 0 Å². The van der Waals surface area contributed by atoms with Crippen molar-refractivity contribution >= 4 is 10.9 Å². The van der Waals surface area contributed by atoms with Crippen LogP contribution in [0.4, 0.5) is 0 Å². The third-order valence-corrected chi connectivity index (χ3v) is 5.75. The van der Waals surface area contributed by atoms with Crippen molar-refractivity contribution in [3.63, 3.8) is 0 Å². The minimum absolute atomic E-state index is 0.0833. The molecule has 1 aliphatic carbocycles. The van der Waals surface area contributed by atoms with Crippen LogP contribution in [0.25, 0.3) is 28.0 Å². The van der Waals surface area contributed by atoms with Crippen molar-refractivity contribution in [2.45, 2.75) is 32.6 Å². The number of hydrogen-bond acceptors (Lipinski definition) is 3. The molecule has 0 unspecified atom stereocenters. The van der Waals surface area contributed by atoms with Crippen molar-refractivity contribution in [3.05, 3.63) is 76.1 Å². The number of aromatic nitrogens is 4. The predicted octanol–water partition coefficient (Wildman–Crippen LogP) is 3.97. The molecule has 0 saturated carbocycles. The number of rotatable bonds is 2. The van der Waals surface area contributed by atoms with Crippen LogP contribution in [0.1, 0.15) is 29.7 Å². The molecule has 0 bridgehead atoms. The van der Waals surface area contributed by atoms with Gasteiger partial charge < -0.3 is 4.57 Å². The second-order valence-electron chi connectivity index (χ2n) is 7.60. The van der Waals surface area contributed by atoms with Gasteiger partial charge in [0, 0.05) is 48.3 Å². The van der Waals surface area contributed by atoms with E-state index in [1.807, 2.05) is 25.3 Å². The topological polar surface area (TPSA) is 52.7 Å². The van der Waals surface area contributed by atoms with E-state index in [2.05, 4.69) is 33.7 Å². The molecule has 0 atom stereocenters. The van der Waals surface area contributed by atoms with Gasteiger partial charge in [0.25, 0.3) is 5.56 Å². The summed E-state index contributed by atoms with van der Waals surface area (Å²) < 4.78 is 3.98. The van der Waals surface area contributed by atoms with E-state index in [1.54, 1.807) is 23.0 Å². The normalized spacial score (nSPS) is 13.6. The predicted molar refractivity (Wildman–Crippen MR) is 111 cm³/mol. The maximum Gasteiger partial charge on any atom is 0.255 e. The number of fused-ring (bicyclic) bond motifs is 3. The number of nitrogens with zero attached hydrogens (tertiary/aromatic N) is 4. The molecule has 0 saturated heterocycles. The molecule has 1 aliphatic rings. The molecule has 0 spiro atoms. The average Bonchev–Trinajstić information content (AvgIpc) is 3.01. The summed E-state index contributed by atoms with van der Waals surface area (Å²) in [6.07, 6.45) is 10.1. The monoisotopic (exact) mass is 370 g/mol. The molecular formula is C23H22N4O. The molecule has 3 aromatic heterocycles. The van der Waals surface area contributed by atoms with Crippen LogP contribution in [-0.2, 0) is 19.9 Å². The SMILES string of the molecule is Cc1cnc(-c2ccn(-c3ccc4c5c(n(C)c4c3)CCCC5)c(=O)c2)nc1. The first-order chi connectivity index (χ1) is 13.6. The van der Waals surface area contributed by atoms with Gasteiger partial charge in [-0.1, -0.05) is 6.07 Å². The highest BCUT2D eigenvalue weighted by Crippen LogP contribution is 2.32. The minimum atomic E-state index is -0.0833. The molecular weight excluding hydrogens is 348 g/mol. The van der Waals surface area contributed by atoms with Crippen LogP contribution >= 0.6 is 0 Å². The molecule has 28 heavy (non-hydrogen) atoms. The van der Waals surface area contributed by atoms with Crippen molar-refractivity contribution in [2.24, 2.45) is 7.05 Å². The Kier molecular flexibility index (Phi) is 3.90. The van der Waals surface area contributed by atoms with Gasteiger partial charge in [0.05, 0.1) is 11.2 Å². The molecule has 1 aromatic carbocycles. The zero-order valence-corrected chi connectivity index (χ0v) is 16.1. The summed E-state index contributed by atoms with van der Waals surface area (Å²) in [5.41, 5.74) is 6.65. The molecule has 4 aromatic rings. The highest BCUT2D eigenvalue weighted by atomic mass is 16.1. The first-order valence-corrected chi connectivity index (χ1v) is 9.74. The third-order valence-electron chi connectivity index (χ3n) is 5.75. The van der Waals surface area contributed by atoms with Gasteiger partial charge in [-0.05, 0) is 61.9 Å². The first kappa shape index (κ1) is 16.9. The number of aryl methyl sites for hydroxylation is 3. The molecule has 5 rings (SSSR count). The Hall–Kier alpha value is -3.21. The Morgan fingerprint density at radius 2 is 1.79 bits per heavy atom. The molecule has 3 heterocycles. The fourth-order valence-electron chi connectivity index (χ4n) is 4.27. The molecule has 0 N–H and O–H groups in total. The zero-order chi connectivity index (χ0) is 19.3. The molecule has 0 aliphatic heterocycles. The van der Waals surface area contributed by atoms with E-state index in [0.29, 0.717) is 5.82 Å². The quantitative estimate of drug-likeness (QED) is 0.536. The summed E-state index contributed by atoms with van der Waals surface area (Å²) in [5, 5.41) is 1.32. The average molecular weight is 370 g/mol. The van der Waals surface area contributed by atoms with E-state index in [9.17, 15) is 4.79 Å². The van der Waals surface area contributed by atoms with Crippen LogP contribution in [-0.4, -0.2) is 19.1 Å². The van der Waals surface area contributed by atoms with Gasteiger partial charge in [0.2, 0.25) is 0 Å². The summed E-state index contributed by atoms with van der Waals surface area (Å²) >= 11 is 0. The van der Waals surface area contributed by atoms with Crippen molar-refractivity contribution in [1.29, 1.82) is 0 Å².